The lowest BCUT2D eigenvalue weighted by Gasteiger charge is -2.50. The van der Waals surface area contributed by atoms with Crippen molar-refractivity contribution in [1.29, 1.82) is 0 Å². The standard InChI is InChI=1S/C26H30FN3O8/c1-29(2)19-14-7-10-6-11-16(20(32)13-9-30(4-3-5-31)8-12(13)18(11)27)21(33)15(10)23(35)26(14,38)24(36)17(22(19)34)25(28)37/h10,14,19,31-33,36,38H,3-9H2,1-2H3,(H2,28,37)/t10-,14-,19-,26-/m0/s1. The van der Waals surface area contributed by atoms with Gasteiger partial charge in [0, 0.05) is 54.4 Å². The van der Waals surface area contributed by atoms with Gasteiger partial charge in [-0.3, -0.25) is 24.2 Å². The van der Waals surface area contributed by atoms with Crippen molar-refractivity contribution in [3.8, 4) is 5.75 Å². The molecule has 3 aliphatic carbocycles. The van der Waals surface area contributed by atoms with Crippen molar-refractivity contribution in [2.75, 3.05) is 27.2 Å². The van der Waals surface area contributed by atoms with Gasteiger partial charge in [0.1, 0.15) is 28.7 Å². The summed E-state index contributed by atoms with van der Waals surface area (Å²) in [5.41, 5.74) is 1.69. The molecule has 11 nitrogen and oxygen atoms in total. The Balaban J connectivity index is 1.67. The summed E-state index contributed by atoms with van der Waals surface area (Å²) in [7, 11) is 3.02. The summed E-state index contributed by atoms with van der Waals surface area (Å²) in [5, 5.41) is 54.0. The van der Waals surface area contributed by atoms with E-state index in [0.717, 1.165) is 0 Å². The van der Waals surface area contributed by atoms with E-state index in [1.165, 1.54) is 19.0 Å². The van der Waals surface area contributed by atoms with Crippen LogP contribution in [0, 0.1) is 17.7 Å². The fourth-order valence-corrected chi connectivity index (χ4v) is 6.73. The Hall–Kier alpha value is -3.32. The second-order valence-corrected chi connectivity index (χ2v) is 10.7. The number of Topliss-reactive ketones (excluding diaryl/α,β-unsaturated/α-hetero) is 2. The van der Waals surface area contributed by atoms with Crippen LogP contribution in [0.3, 0.4) is 0 Å². The third-order valence-electron chi connectivity index (χ3n) is 8.43. The van der Waals surface area contributed by atoms with Gasteiger partial charge in [-0.05, 0) is 39.3 Å². The molecule has 1 aromatic rings. The van der Waals surface area contributed by atoms with Crippen molar-refractivity contribution in [3.05, 3.63) is 45.0 Å². The first-order valence-electron chi connectivity index (χ1n) is 12.4. The topological polar surface area (TPSA) is 185 Å². The number of halogens is 1. The molecular formula is C26H30FN3O8. The van der Waals surface area contributed by atoms with E-state index in [1.54, 1.807) is 0 Å². The fraction of sp³-hybridized carbons (Fsp3) is 0.500. The second kappa shape index (κ2) is 8.87. The molecule has 0 spiro atoms. The van der Waals surface area contributed by atoms with E-state index in [9.17, 15) is 34.8 Å². The number of likely N-dealkylation sites (N-methyl/N-ethyl adjacent to an activating group) is 1. The SMILES string of the molecule is CN(C)[C@@H]1C(=O)C(C(N)=O)=C(O)[C@@]2(O)C(=O)C3=C(O)c4c(O)c5c(c(F)c4C[C@H]3C[C@@H]12)CN(CCCO)C5. The van der Waals surface area contributed by atoms with Crippen molar-refractivity contribution in [1.82, 2.24) is 9.80 Å². The third kappa shape index (κ3) is 3.37. The molecule has 1 aliphatic heterocycles. The molecule has 0 aromatic heterocycles. The summed E-state index contributed by atoms with van der Waals surface area (Å²) >= 11 is 0. The summed E-state index contributed by atoms with van der Waals surface area (Å²) in [6.07, 6.45) is 0.252. The van der Waals surface area contributed by atoms with E-state index in [1.807, 2.05) is 4.90 Å². The smallest absolute Gasteiger partial charge is 0.255 e. The highest BCUT2D eigenvalue weighted by Gasteiger charge is 2.64. The molecule has 7 N–H and O–H groups in total. The number of nitrogens with two attached hydrogens (primary N) is 1. The highest BCUT2D eigenvalue weighted by Crippen LogP contribution is 2.54. The van der Waals surface area contributed by atoms with Crippen molar-refractivity contribution < 1.29 is 44.3 Å². The summed E-state index contributed by atoms with van der Waals surface area (Å²) in [5.74, 6) is -8.22. The van der Waals surface area contributed by atoms with Gasteiger partial charge in [0.2, 0.25) is 5.78 Å². The van der Waals surface area contributed by atoms with Crippen LogP contribution in [0.4, 0.5) is 4.39 Å². The largest absolute Gasteiger partial charge is 0.508 e. The van der Waals surface area contributed by atoms with E-state index >= 15 is 4.39 Å². The Morgan fingerprint density at radius 3 is 2.42 bits per heavy atom. The molecule has 12 heteroatoms. The molecule has 0 bridgehead atoms. The Kier molecular flexibility index (Phi) is 6.14. The number of carbonyl (C=O) groups is 3. The van der Waals surface area contributed by atoms with Gasteiger partial charge < -0.3 is 31.3 Å². The van der Waals surface area contributed by atoms with Crippen molar-refractivity contribution in [3.63, 3.8) is 0 Å². The number of aromatic hydroxyl groups is 1. The van der Waals surface area contributed by atoms with E-state index in [-0.39, 0.29) is 66.1 Å². The van der Waals surface area contributed by atoms with Gasteiger partial charge >= 0.3 is 0 Å². The van der Waals surface area contributed by atoms with E-state index in [4.69, 9.17) is 10.8 Å². The number of nitrogens with zero attached hydrogens (tertiary/aromatic N) is 2. The Morgan fingerprint density at radius 1 is 1.16 bits per heavy atom. The van der Waals surface area contributed by atoms with Crippen LogP contribution >= 0.6 is 0 Å². The van der Waals surface area contributed by atoms with Gasteiger partial charge in [-0.25, -0.2) is 4.39 Å². The predicted octanol–water partition coefficient (Wildman–Crippen LogP) is -0.199. The average molecular weight is 532 g/mol. The maximum atomic E-state index is 15.8. The van der Waals surface area contributed by atoms with E-state index in [2.05, 4.69) is 0 Å². The number of fused-ring (bicyclic) bond motifs is 4. The molecule has 1 heterocycles. The number of primary amides is 1. The number of amides is 1. The molecule has 1 aromatic carbocycles. The van der Waals surface area contributed by atoms with Crippen molar-refractivity contribution in [2.24, 2.45) is 17.6 Å². The van der Waals surface area contributed by atoms with Crippen LogP contribution in [0.2, 0.25) is 0 Å². The number of hydrogen-bond acceptors (Lipinski definition) is 10. The highest BCUT2D eigenvalue weighted by atomic mass is 19.1. The average Bonchev–Trinajstić information content (AvgIpc) is 3.28. The maximum Gasteiger partial charge on any atom is 0.255 e. The number of phenols is 1. The maximum absolute atomic E-state index is 15.8. The molecule has 1 fully saturated rings. The third-order valence-corrected chi connectivity index (χ3v) is 8.43. The first-order valence-corrected chi connectivity index (χ1v) is 12.4. The van der Waals surface area contributed by atoms with Gasteiger partial charge in [0.05, 0.1) is 11.6 Å². The number of aliphatic hydroxyl groups excluding tert-OH is 3. The lowest BCUT2D eigenvalue weighted by Crippen LogP contribution is -2.65. The second-order valence-electron chi connectivity index (χ2n) is 10.7. The lowest BCUT2D eigenvalue weighted by molar-refractivity contribution is -0.153. The minimum Gasteiger partial charge on any atom is -0.508 e. The minimum atomic E-state index is -2.74. The van der Waals surface area contributed by atoms with Crippen molar-refractivity contribution >= 4 is 23.2 Å². The normalized spacial score (nSPS) is 28.9. The summed E-state index contributed by atoms with van der Waals surface area (Å²) in [6, 6.07) is -1.20. The molecule has 4 aliphatic rings. The minimum absolute atomic E-state index is 0.0240. The molecule has 4 atom stereocenters. The molecule has 5 rings (SSSR count). The molecule has 1 amide bonds. The summed E-state index contributed by atoms with van der Waals surface area (Å²) < 4.78 is 15.8. The molecule has 0 unspecified atom stereocenters. The zero-order chi connectivity index (χ0) is 27.8. The van der Waals surface area contributed by atoms with Crippen LogP contribution < -0.4 is 5.73 Å². The first kappa shape index (κ1) is 26.3. The fourth-order valence-electron chi connectivity index (χ4n) is 6.73. The van der Waals surface area contributed by atoms with Gasteiger partial charge in [-0.15, -0.1) is 0 Å². The van der Waals surface area contributed by atoms with Crippen LogP contribution in [0.5, 0.6) is 5.75 Å². The van der Waals surface area contributed by atoms with Crippen LogP contribution in [-0.4, -0.2) is 91.7 Å². The number of hydrogen-bond donors (Lipinski definition) is 6. The molecule has 204 valence electrons. The number of carbonyl (C=O) groups excluding carboxylic acids is 3. The summed E-state index contributed by atoms with van der Waals surface area (Å²) in [6.45, 7) is 0.797. The number of aliphatic hydroxyl groups is 4. The quantitative estimate of drug-likeness (QED) is 0.278. The summed E-state index contributed by atoms with van der Waals surface area (Å²) in [4.78, 5) is 42.3. The van der Waals surface area contributed by atoms with Crippen LogP contribution in [0.1, 0.15) is 35.1 Å². The predicted molar refractivity (Wildman–Crippen MR) is 130 cm³/mol. The van der Waals surface area contributed by atoms with Gasteiger partial charge in [0.25, 0.3) is 5.91 Å². The molecular weight excluding hydrogens is 501 g/mol. The Morgan fingerprint density at radius 2 is 1.82 bits per heavy atom. The lowest BCUT2D eigenvalue weighted by atomic mass is 9.57. The van der Waals surface area contributed by atoms with E-state index < -0.39 is 63.9 Å². The monoisotopic (exact) mass is 531 g/mol. The number of benzene rings is 1. The van der Waals surface area contributed by atoms with Crippen LogP contribution in [0.15, 0.2) is 16.9 Å². The zero-order valence-corrected chi connectivity index (χ0v) is 21.0. The molecule has 38 heavy (non-hydrogen) atoms. The van der Waals surface area contributed by atoms with Gasteiger partial charge in [0.15, 0.2) is 11.4 Å². The van der Waals surface area contributed by atoms with Gasteiger partial charge in [-0.1, -0.05) is 0 Å². The number of ketones is 2. The van der Waals surface area contributed by atoms with Gasteiger partial charge in [-0.2, -0.15) is 0 Å². The van der Waals surface area contributed by atoms with Crippen LogP contribution in [-0.2, 0) is 33.9 Å². The molecule has 1 saturated carbocycles. The number of rotatable bonds is 5. The van der Waals surface area contributed by atoms with E-state index in [0.29, 0.717) is 13.0 Å². The van der Waals surface area contributed by atoms with Crippen molar-refractivity contribution in [2.45, 2.75) is 44.0 Å². The Labute approximate surface area is 217 Å². The Bertz CT molecular complexity index is 1350. The zero-order valence-electron chi connectivity index (χ0n) is 21.0. The first-order chi connectivity index (χ1) is 17.9. The molecule has 0 saturated heterocycles. The molecule has 0 radical (unpaired) electrons. The number of phenolic OH excluding ortho intramolecular Hbond substituents is 1. The highest BCUT2D eigenvalue weighted by molar-refractivity contribution is 6.24. The van der Waals surface area contributed by atoms with Crippen LogP contribution in [0.25, 0.3) is 5.76 Å².